The van der Waals surface area contributed by atoms with E-state index in [1.807, 2.05) is 6.07 Å². The maximum absolute atomic E-state index is 9.26. The minimum Gasteiger partial charge on any atom is -0.396 e. The van der Waals surface area contributed by atoms with Crippen LogP contribution in [0.3, 0.4) is 0 Å². The Morgan fingerprint density at radius 2 is 2.00 bits per heavy atom. The molecule has 94 valence electrons. The fourth-order valence-corrected chi connectivity index (χ4v) is 3.08. The second-order valence-electron chi connectivity index (χ2n) is 4.86. The summed E-state index contributed by atoms with van der Waals surface area (Å²) in [5.41, 5.74) is 1.30. The van der Waals surface area contributed by atoms with Gasteiger partial charge in [-0.3, -0.25) is 0 Å². The Hall–Kier alpha value is -0.380. The van der Waals surface area contributed by atoms with Crippen LogP contribution in [-0.2, 0) is 6.54 Å². The van der Waals surface area contributed by atoms with Gasteiger partial charge in [-0.2, -0.15) is 0 Å². The summed E-state index contributed by atoms with van der Waals surface area (Å²) in [6.07, 6.45) is 3.72. The molecule has 0 radical (unpaired) electrons. The molecule has 2 atom stereocenters. The lowest BCUT2D eigenvalue weighted by Crippen LogP contribution is -2.26. The van der Waals surface area contributed by atoms with E-state index in [-0.39, 0.29) is 0 Å². The molecule has 2 N–H and O–H groups in total. The minimum absolute atomic E-state index is 0.349. The van der Waals surface area contributed by atoms with Crippen molar-refractivity contribution in [1.82, 2.24) is 5.32 Å². The lowest BCUT2D eigenvalue weighted by Gasteiger charge is -2.18. The van der Waals surface area contributed by atoms with Crippen LogP contribution in [-0.4, -0.2) is 18.3 Å². The second-order valence-corrected chi connectivity index (χ2v) is 5.71. The summed E-state index contributed by atoms with van der Waals surface area (Å²) >= 11 is 3.56. The molecule has 1 aromatic rings. The molecular formula is C14H20BrNO. The number of aliphatic hydroxyl groups excluding tert-OH is 1. The normalized spacial score (nSPS) is 24.1. The third-order valence-electron chi connectivity index (χ3n) is 3.73. The summed E-state index contributed by atoms with van der Waals surface area (Å²) < 4.78 is 1.16. The number of rotatable bonds is 5. The van der Waals surface area contributed by atoms with Crippen molar-refractivity contribution in [1.29, 1.82) is 0 Å². The van der Waals surface area contributed by atoms with Gasteiger partial charge < -0.3 is 10.4 Å². The summed E-state index contributed by atoms with van der Waals surface area (Å²) in [6.45, 7) is 2.27. The highest BCUT2D eigenvalue weighted by Crippen LogP contribution is 2.30. The molecule has 1 fully saturated rings. The molecule has 1 aliphatic carbocycles. The summed E-state index contributed by atoms with van der Waals surface area (Å²) in [6, 6.07) is 8.30. The third kappa shape index (κ3) is 3.54. The lowest BCUT2D eigenvalue weighted by molar-refractivity contribution is 0.192. The van der Waals surface area contributed by atoms with E-state index in [9.17, 15) is 5.11 Å². The van der Waals surface area contributed by atoms with Crippen LogP contribution >= 0.6 is 15.9 Å². The van der Waals surface area contributed by atoms with Crippen molar-refractivity contribution in [2.24, 2.45) is 11.8 Å². The van der Waals surface area contributed by atoms with Crippen molar-refractivity contribution in [2.75, 3.05) is 13.2 Å². The van der Waals surface area contributed by atoms with Crippen LogP contribution in [0.25, 0.3) is 0 Å². The Balaban J connectivity index is 1.78. The van der Waals surface area contributed by atoms with Crippen molar-refractivity contribution in [3.63, 3.8) is 0 Å². The number of hydrogen-bond donors (Lipinski definition) is 2. The molecule has 0 amide bonds. The Kier molecular flexibility index (Phi) is 5.01. The number of hydrogen-bond acceptors (Lipinski definition) is 2. The molecule has 0 bridgehead atoms. The smallest absolute Gasteiger partial charge is 0.0462 e. The first-order chi connectivity index (χ1) is 8.31. The fourth-order valence-electron chi connectivity index (χ4n) is 2.66. The van der Waals surface area contributed by atoms with Crippen LogP contribution in [0, 0.1) is 11.8 Å². The molecule has 0 saturated heterocycles. The van der Waals surface area contributed by atoms with E-state index in [0.29, 0.717) is 18.4 Å². The molecule has 0 aromatic heterocycles. The predicted molar refractivity (Wildman–Crippen MR) is 73.8 cm³/mol. The third-order valence-corrected chi connectivity index (χ3v) is 4.50. The zero-order valence-electron chi connectivity index (χ0n) is 10.0. The Morgan fingerprint density at radius 3 is 2.76 bits per heavy atom. The Bertz CT molecular complexity index is 356. The van der Waals surface area contributed by atoms with Crippen LogP contribution in [0.15, 0.2) is 28.7 Å². The van der Waals surface area contributed by atoms with Crippen LogP contribution in [0.1, 0.15) is 24.8 Å². The van der Waals surface area contributed by atoms with E-state index in [1.165, 1.54) is 24.8 Å². The van der Waals surface area contributed by atoms with Gasteiger partial charge in [-0.15, -0.1) is 0 Å². The fraction of sp³-hybridized carbons (Fsp3) is 0.571. The highest BCUT2D eigenvalue weighted by Gasteiger charge is 2.25. The van der Waals surface area contributed by atoms with Gasteiger partial charge in [0.05, 0.1) is 0 Å². The maximum atomic E-state index is 9.26. The van der Waals surface area contributed by atoms with Gasteiger partial charge in [-0.05, 0) is 42.9 Å². The van der Waals surface area contributed by atoms with E-state index < -0.39 is 0 Å². The first kappa shape index (κ1) is 13.1. The summed E-state index contributed by atoms with van der Waals surface area (Å²) in [5.74, 6) is 1.17. The van der Waals surface area contributed by atoms with E-state index >= 15 is 0 Å². The molecule has 1 saturated carbocycles. The summed E-state index contributed by atoms with van der Waals surface area (Å²) in [4.78, 5) is 0. The average Bonchev–Trinajstić information content (AvgIpc) is 2.79. The number of halogens is 1. The summed E-state index contributed by atoms with van der Waals surface area (Å²) in [7, 11) is 0. The van der Waals surface area contributed by atoms with Gasteiger partial charge in [0, 0.05) is 17.6 Å². The van der Waals surface area contributed by atoms with Crippen LogP contribution in [0.5, 0.6) is 0 Å². The lowest BCUT2D eigenvalue weighted by atomic mass is 9.97. The molecule has 2 unspecified atom stereocenters. The Morgan fingerprint density at radius 1 is 1.24 bits per heavy atom. The van der Waals surface area contributed by atoms with Gasteiger partial charge in [0.25, 0.3) is 0 Å². The first-order valence-electron chi connectivity index (χ1n) is 6.36. The van der Waals surface area contributed by atoms with Crippen molar-refractivity contribution in [3.8, 4) is 0 Å². The molecule has 17 heavy (non-hydrogen) atoms. The van der Waals surface area contributed by atoms with Gasteiger partial charge in [0.15, 0.2) is 0 Å². The maximum Gasteiger partial charge on any atom is 0.0462 e. The van der Waals surface area contributed by atoms with Gasteiger partial charge in [0.1, 0.15) is 0 Å². The molecule has 1 aromatic carbocycles. The molecular weight excluding hydrogens is 278 g/mol. The molecule has 3 heteroatoms. The molecule has 1 aliphatic rings. The van der Waals surface area contributed by atoms with Crippen molar-refractivity contribution < 1.29 is 5.11 Å². The molecule has 2 rings (SSSR count). The zero-order valence-corrected chi connectivity index (χ0v) is 11.6. The molecule has 0 spiro atoms. The largest absolute Gasteiger partial charge is 0.396 e. The number of nitrogens with one attached hydrogen (secondary N) is 1. The molecule has 2 nitrogen and oxygen atoms in total. The van der Waals surface area contributed by atoms with Crippen LogP contribution < -0.4 is 5.32 Å². The van der Waals surface area contributed by atoms with E-state index in [0.717, 1.165) is 17.6 Å². The predicted octanol–water partition coefficient (Wildman–Crippen LogP) is 2.95. The molecule has 0 aliphatic heterocycles. The van der Waals surface area contributed by atoms with Crippen LogP contribution in [0.2, 0.25) is 0 Å². The summed E-state index contributed by atoms with van der Waals surface area (Å²) in [5, 5.41) is 12.8. The van der Waals surface area contributed by atoms with Gasteiger partial charge in [-0.1, -0.05) is 40.5 Å². The molecule has 0 heterocycles. The topological polar surface area (TPSA) is 32.3 Å². The van der Waals surface area contributed by atoms with E-state index in [2.05, 4.69) is 39.4 Å². The average molecular weight is 298 g/mol. The van der Waals surface area contributed by atoms with Crippen molar-refractivity contribution in [3.05, 3.63) is 34.3 Å². The monoisotopic (exact) mass is 297 g/mol. The van der Waals surface area contributed by atoms with Gasteiger partial charge in [-0.25, -0.2) is 0 Å². The quantitative estimate of drug-likeness (QED) is 0.876. The standard InChI is InChI=1S/C14H20BrNO/c15-14-7-2-1-4-12(14)9-16-8-11-5-3-6-13(11)10-17/h1-2,4,7,11,13,16-17H,3,5-6,8-10H2. The highest BCUT2D eigenvalue weighted by molar-refractivity contribution is 9.10. The number of benzene rings is 1. The first-order valence-corrected chi connectivity index (χ1v) is 7.15. The second kappa shape index (κ2) is 6.53. The highest BCUT2D eigenvalue weighted by atomic mass is 79.9. The van der Waals surface area contributed by atoms with Gasteiger partial charge >= 0.3 is 0 Å². The number of aliphatic hydroxyl groups is 1. The zero-order chi connectivity index (χ0) is 12.1. The van der Waals surface area contributed by atoms with E-state index in [1.54, 1.807) is 0 Å². The SMILES string of the molecule is OCC1CCCC1CNCc1ccccc1Br. The Labute approximate surface area is 112 Å². The van der Waals surface area contributed by atoms with Crippen molar-refractivity contribution in [2.45, 2.75) is 25.8 Å². The van der Waals surface area contributed by atoms with Crippen molar-refractivity contribution >= 4 is 15.9 Å². The van der Waals surface area contributed by atoms with Crippen LogP contribution in [0.4, 0.5) is 0 Å². The minimum atomic E-state index is 0.349. The van der Waals surface area contributed by atoms with Gasteiger partial charge in [0.2, 0.25) is 0 Å². The van der Waals surface area contributed by atoms with E-state index in [4.69, 9.17) is 0 Å².